The molecule has 21 heavy (non-hydrogen) atoms. The van der Waals surface area contributed by atoms with Crippen LogP contribution in [0, 0.1) is 6.92 Å². The van der Waals surface area contributed by atoms with Gasteiger partial charge in [0.1, 0.15) is 4.90 Å². The van der Waals surface area contributed by atoms with Crippen molar-refractivity contribution in [3.8, 4) is 0 Å². The minimum atomic E-state index is -3.57. The molecule has 0 fully saturated rings. The van der Waals surface area contributed by atoms with Gasteiger partial charge in [0.2, 0.25) is 10.0 Å². The molecule has 2 rings (SSSR count). The molecule has 0 bridgehead atoms. The van der Waals surface area contributed by atoms with Crippen LogP contribution in [-0.4, -0.2) is 37.2 Å². The van der Waals surface area contributed by atoms with Gasteiger partial charge in [0.05, 0.1) is 11.4 Å². The maximum atomic E-state index is 12.4. The van der Waals surface area contributed by atoms with Crippen molar-refractivity contribution in [1.29, 1.82) is 0 Å². The van der Waals surface area contributed by atoms with Crippen LogP contribution in [0.4, 0.5) is 0 Å². The predicted molar refractivity (Wildman–Crippen MR) is 79.2 cm³/mol. The van der Waals surface area contributed by atoms with Gasteiger partial charge >= 0.3 is 0 Å². The van der Waals surface area contributed by atoms with E-state index in [1.807, 2.05) is 12.1 Å². The molecule has 2 heterocycles. The average Bonchev–Trinajstić information content (AvgIpc) is 2.82. The number of sulfonamides is 1. The lowest BCUT2D eigenvalue weighted by molar-refractivity contribution is 0.579. The van der Waals surface area contributed by atoms with Gasteiger partial charge in [-0.3, -0.25) is 10.1 Å². The summed E-state index contributed by atoms with van der Waals surface area (Å²) in [5, 5.41) is 9.65. The molecule has 0 aliphatic rings. The number of nitrogens with zero attached hydrogens (tertiary/aromatic N) is 2. The Hall–Kier alpha value is -1.77. The van der Waals surface area contributed by atoms with Crippen molar-refractivity contribution in [3.05, 3.63) is 41.5 Å². The molecule has 0 saturated carbocycles. The van der Waals surface area contributed by atoms with Crippen LogP contribution in [0.5, 0.6) is 0 Å². The summed E-state index contributed by atoms with van der Waals surface area (Å²) in [6.45, 7) is 2.42. The molecule has 0 saturated heterocycles. The molecular formula is C13H19N5O2S. The lowest BCUT2D eigenvalue weighted by Crippen LogP contribution is -2.27. The van der Waals surface area contributed by atoms with Crippen molar-refractivity contribution in [2.75, 3.05) is 13.6 Å². The molecule has 0 atom stereocenters. The van der Waals surface area contributed by atoms with E-state index in [1.165, 1.54) is 0 Å². The number of H-pyrrole nitrogens is 1. The molecule has 0 amide bonds. The molecule has 0 spiro atoms. The minimum absolute atomic E-state index is 0.228. The third-order valence-corrected chi connectivity index (χ3v) is 4.69. The molecule has 0 aromatic carbocycles. The van der Waals surface area contributed by atoms with Gasteiger partial charge in [-0.1, -0.05) is 0 Å². The fraction of sp³-hybridized carbons (Fsp3) is 0.385. The standard InChI is InChI=1S/C13H19N5O2S/c1-10-13(12(9-14-2)18-17-10)21(19,20)16-8-5-11-3-6-15-7-4-11/h3-4,6-7,14,16H,5,8-9H2,1-2H3,(H,17,18). The molecule has 0 aliphatic heterocycles. The first kappa shape index (κ1) is 15.6. The first-order valence-electron chi connectivity index (χ1n) is 6.61. The topological polar surface area (TPSA) is 99.8 Å². The fourth-order valence-corrected chi connectivity index (χ4v) is 3.46. The first-order valence-corrected chi connectivity index (χ1v) is 8.10. The summed E-state index contributed by atoms with van der Waals surface area (Å²) in [5.74, 6) is 0. The summed E-state index contributed by atoms with van der Waals surface area (Å²) < 4.78 is 27.4. The van der Waals surface area contributed by atoms with Crippen molar-refractivity contribution >= 4 is 10.0 Å². The Morgan fingerprint density at radius 2 is 2.00 bits per heavy atom. The van der Waals surface area contributed by atoms with Crippen LogP contribution in [-0.2, 0) is 23.0 Å². The highest BCUT2D eigenvalue weighted by Gasteiger charge is 2.23. The lowest BCUT2D eigenvalue weighted by Gasteiger charge is -2.08. The number of rotatable bonds is 7. The van der Waals surface area contributed by atoms with Crippen LogP contribution < -0.4 is 10.0 Å². The summed E-state index contributed by atoms with van der Waals surface area (Å²) in [5.41, 5.74) is 2.06. The van der Waals surface area contributed by atoms with Gasteiger partial charge in [0.15, 0.2) is 0 Å². The van der Waals surface area contributed by atoms with E-state index >= 15 is 0 Å². The van der Waals surface area contributed by atoms with Crippen molar-refractivity contribution in [2.45, 2.75) is 24.8 Å². The van der Waals surface area contributed by atoms with Crippen molar-refractivity contribution in [2.24, 2.45) is 0 Å². The van der Waals surface area contributed by atoms with E-state index in [9.17, 15) is 8.42 Å². The molecule has 114 valence electrons. The number of nitrogens with one attached hydrogen (secondary N) is 3. The van der Waals surface area contributed by atoms with Crippen LogP contribution in [0.25, 0.3) is 0 Å². The second-order valence-electron chi connectivity index (χ2n) is 4.66. The Balaban J connectivity index is 2.07. The monoisotopic (exact) mass is 309 g/mol. The van der Waals surface area contributed by atoms with Gasteiger partial charge in [-0.05, 0) is 38.1 Å². The van der Waals surface area contributed by atoms with Gasteiger partial charge in [-0.2, -0.15) is 5.10 Å². The van der Waals surface area contributed by atoms with Crippen LogP contribution in [0.1, 0.15) is 17.0 Å². The molecular weight excluding hydrogens is 290 g/mol. The molecule has 0 unspecified atom stereocenters. The van der Waals surface area contributed by atoms with E-state index in [0.717, 1.165) is 5.56 Å². The molecule has 0 aliphatic carbocycles. The van der Waals surface area contributed by atoms with Gasteiger partial charge in [-0.15, -0.1) is 0 Å². The summed E-state index contributed by atoms with van der Waals surface area (Å²) in [6.07, 6.45) is 3.99. The van der Waals surface area contributed by atoms with Gasteiger partial charge in [-0.25, -0.2) is 13.1 Å². The highest BCUT2D eigenvalue weighted by atomic mass is 32.2. The van der Waals surface area contributed by atoms with Gasteiger partial charge in [0.25, 0.3) is 0 Å². The van der Waals surface area contributed by atoms with E-state index in [0.29, 0.717) is 30.9 Å². The van der Waals surface area contributed by atoms with Gasteiger partial charge < -0.3 is 5.32 Å². The predicted octanol–water partition coefficient (Wildman–Crippen LogP) is 0.354. The van der Waals surface area contributed by atoms with E-state index < -0.39 is 10.0 Å². The number of hydrogen-bond donors (Lipinski definition) is 3. The number of aromatic nitrogens is 3. The third-order valence-electron chi connectivity index (χ3n) is 3.03. The Morgan fingerprint density at radius 1 is 1.29 bits per heavy atom. The molecule has 2 aromatic rings. The highest BCUT2D eigenvalue weighted by Crippen LogP contribution is 2.17. The minimum Gasteiger partial charge on any atom is -0.314 e. The first-order chi connectivity index (χ1) is 10.0. The van der Waals surface area contributed by atoms with Crippen molar-refractivity contribution < 1.29 is 8.42 Å². The Bertz CT molecular complexity index is 682. The fourth-order valence-electron chi connectivity index (χ4n) is 2.06. The molecule has 2 aromatic heterocycles. The molecule has 3 N–H and O–H groups in total. The second-order valence-corrected chi connectivity index (χ2v) is 6.36. The molecule has 8 heteroatoms. The Kier molecular flexibility index (Phi) is 5.05. The van der Waals surface area contributed by atoms with Crippen molar-refractivity contribution in [3.63, 3.8) is 0 Å². The Morgan fingerprint density at radius 3 is 2.67 bits per heavy atom. The normalized spacial score (nSPS) is 11.7. The van der Waals surface area contributed by atoms with Gasteiger partial charge in [0, 0.05) is 25.5 Å². The van der Waals surface area contributed by atoms with Crippen LogP contribution in [0.15, 0.2) is 29.4 Å². The van der Waals surface area contributed by atoms with Crippen LogP contribution >= 0.6 is 0 Å². The van der Waals surface area contributed by atoms with E-state index in [2.05, 4.69) is 25.2 Å². The van der Waals surface area contributed by atoms with Crippen LogP contribution in [0.3, 0.4) is 0 Å². The molecule has 7 nitrogen and oxygen atoms in total. The maximum Gasteiger partial charge on any atom is 0.244 e. The maximum absolute atomic E-state index is 12.4. The third kappa shape index (κ3) is 3.87. The summed E-state index contributed by atoms with van der Waals surface area (Å²) in [6, 6.07) is 3.73. The average molecular weight is 309 g/mol. The number of aromatic amines is 1. The smallest absolute Gasteiger partial charge is 0.244 e. The highest BCUT2D eigenvalue weighted by molar-refractivity contribution is 7.89. The summed E-state index contributed by atoms with van der Waals surface area (Å²) in [7, 11) is -1.82. The largest absolute Gasteiger partial charge is 0.314 e. The SMILES string of the molecule is CNCc1n[nH]c(C)c1S(=O)(=O)NCCc1ccncc1. The second kappa shape index (κ2) is 6.79. The number of pyridine rings is 1. The zero-order chi connectivity index (χ0) is 15.3. The molecule has 0 radical (unpaired) electrons. The van der Waals surface area contributed by atoms with Crippen LogP contribution in [0.2, 0.25) is 0 Å². The number of hydrogen-bond acceptors (Lipinski definition) is 5. The van der Waals surface area contributed by atoms with E-state index in [1.54, 1.807) is 26.4 Å². The summed E-state index contributed by atoms with van der Waals surface area (Å²) >= 11 is 0. The Labute approximate surface area is 124 Å². The van der Waals surface area contributed by atoms with Crippen molar-refractivity contribution in [1.82, 2.24) is 25.2 Å². The quantitative estimate of drug-likeness (QED) is 0.685. The lowest BCUT2D eigenvalue weighted by atomic mass is 10.2. The zero-order valence-electron chi connectivity index (χ0n) is 12.0. The number of aryl methyl sites for hydroxylation is 1. The van der Waals surface area contributed by atoms with E-state index in [4.69, 9.17) is 0 Å². The van der Waals surface area contributed by atoms with E-state index in [-0.39, 0.29) is 4.90 Å². The zero-order valence-corrected chi connectivity index (χ0v) is 12.9. The summed E-state index contributed by atoms with van der Waals surface area (Å²) in [4.78, 5) is 4.16.